The highest BCUT2D eigenvalue weighted by Gasteiger charge is 2.27. The van der Waals surface area contributed by atoms with Crippen molar-refractivity contribution in [2.45, 2.75) is 26.8 Å². The van der Waals surface area contributed by atoms with E-state index in [9.17, 15) is 4.79 Å². The Morgan fingerprint density at radius 1 is 1.30 bits per heavy atom. The lowest BCUT2D eigenvalue weighted by Gasteiger charge is -2.23. The molecular weight excluding hydrogens is 258 g/mol. The van der Waals surface area contributed by atoms with Gasteiger partial charge in [0, 0.05) is 12.6 Å². The van der Waals surface area contributed by atoms with E-state index in [0.717, 1.165) is 5.56 Å². The molecule has 0 radical (unpaired) electrons. The molecule has 0 aliphatic carbocycles. The van der Waals surface area contributed by atoms with Crippen LogP contribution in [0.1, 0.15) is 32.4 Å². The second kappa shape index (κ2) is 6.61. The number of carboxylic acid groups (broad SMARTS) is 1. The molecule has 0 aliphatic rings. The topological polar surface area (TPSA) is 67.8 Å². The predicted octanol–water partition coefficient (Wildman–Crippen LogP) is 2.47. The van der Waals surface area contributed by atoms with Crippen molar-refractivity contribution >= 4 is 5.97 Å². The Morgan fingerprint density at radius 3 is 2.40 bits per heavy atom. The first-order valence-electron chi connectivity index (χ1n) is 6.50. The van der Waals surface area contributed by atoms with Gasteiger partial charge in [-0.15, -0.1) is 0 Å². The van der Waals surface area contributed by atoms with Gasteiger partial charge in [-0.3, -0.25) is 4.79 Å². The van der Waals surface area contributed by atoms with E-state index in [4.69, 9.17) is 14.6 Å². The van der Waals surface area contributed by atoms with E-state index < -0.39 is 11.4 Å². The molecule has 20 heavy (non-hydrogen) atoms. The zero-order valence-electron chi connectivity index (χ0n) is 12.7. The molecule has 0 aliphatic heterocycles. The van der Waals surface area contributed by atoms with Crippen molar-refractivity contribution in [1.29, 1.82) is 0 Å². The average Bonchev–Trinajstić information content (AvgIpc) is 2.43. The third kappa shape index (κ3) is 3.87. The van der Waals surface area contributed by atoms with Gasteiger partial charge in [-0.1, -0.05) is 6.07 Å². The third-order valence-corrected chi connectivity index (χ3v) is 3.34. The third-order valence-electron chi connectivity index (χ3n) is 3.34. The van der Waals surface area contributed by atoms with Gasteiger partial charge in [0.25, 0.3) is 0 Å². The van der Waals surface area contributed by atoms with E-state index in [-0.39, 0.29) is 6.04 Å². The Hall–Kier alpha value is -1.75. The number of aliphatic carboxylic acids is 1. The normalized spacial score (nSPS) is 12.8. The summed E-state index contributed by atoms with van der Waals surface area (Å²) in [5.41, 5.74) is 0.217. The summed E-state index contributed by atoms with van der Waals surface area (Å²) in [6.07, 6.45) is 0. The summed E-state index contributed by atoms with van der Waals surface area (Å²) in [5, 5.41) is 12.3. The molecule has 1 rings (SSSR count). The first kappa shape index (κ1) is 16.3. The number of rotatable bonds is 7. The second-order valence-corrected chi connectivity index (χ2v) is 5.41. The molecule has 2 N–H and O–H groups in total. The maximum atomic E-state index is 11.1. The van der Waals surface area contributed by atoms with Crippen molar-refractivity contribution in [2.24, 2.45) is 5.41 Å². The highest BCUT2D eigenvalue weighted by Crippen LogP contribution is 2.30. The summed E-state index contributed by atoms with van der Waals surface area (Å²) < 4.78 is 10.5. The number of hydrogen-bond donors (Lipinski definition) is 2. The fourth-order valence-electron chi connectivity index (χ4n) is 1.72. The number of methoxy groups -OCH3 is 2. The molecule has 0 spiro atoms. The molecule has 0 fully saturated rings. The Balaban J connectivity index is 2.78. The molecular formula is C15H23NO4. The monoisotopic (exact) mass is 281 g/mol. The maximum absolute atomic E-state index is 11.1. The fourth-order valence-corrected chi connectivity index (χ4v) is 1.72. The molecule has 112 valence electrons. The minimum atomic E-state index is -0.815. The zero-order chi connectivity index (χ0) is 15.3. The Morgan fingerprint density at radius 2 is 1.90 bits per heavy atom. The highest BCUT2D eigenvalue weighted by atomic mass is 16.5. The van der Waals surface area contributed by atoms with Gasteiger partial charge >= 0.3 is 5.97 Å². The van der Waals surface area contributed by atoms with Gasteiger partial charge in [0.05, 0.1) is 19.6 Å². The van der Waals surface area contributed by atoms with Crippen molar-refractivity contribution < 1.29 is 19.4 Å². The molecule has 0 aromatic heterocycles. The van der Waals surface area contributed by atoms with Crippen LogP contribution in [0.5, 0.6) is 11.5 Å². The minimum Gasteiger partial charge on any atom is -0.493 e. The van der Waals surface area contributed by atoms with Gasteiger partial charge < -0.3 is 19.9 Å². The van der Waals surface area contributed by atoms with Crippen LogP contribution in [0.25, 0.3) is 0 Å². The van der Waals surface area contributed by atoms with E-state index in [1.54, 1.807) is 28.1 Å². The number of benzene rings is 1. The molecule has 1 unspecified atom stereocenters. The highest BCUT2D eigenvalue weighted by molar-refractivity contribution is 5.73. The smallest absolute Gasteiger partial charge is 0.310 e. The maximum Gasteiger partial charge on any atom is 0.310 e. The fraction of sp³-hybridized carbons (Fsp3) is 0.533. The van der Waals surface area contributed by atoms with Gasteiger partial charge in [-0.05, 0) is 38.5 Å². The largest absolute Gasteiger partial charge is 0.493 e. The predicted molar refractivity (Wildman–Crippen MR) is 77.4 cm³/mol. The van der Waals surface area contributed by atoms with Crippen LogP contribution in [-0.2, 0) is 4.79 Å². The second-order valence-electron chi connectivity index (χ2n) is 5.41. The number of ether oxygens (including phenoxy) is 2. The molecule has 1 aromatic rings. The summed E-state index contributed by atoms with van der Waals surface area (Å²) in [6.45, 7) is 5.77. The Labute approximate surface area is 119 Å². The van der Waals surface area contributed by atoms with Crippen LogP contribution in [0.15, 0.2) is 18.2 Å². The molecule has 0 amide bonds. The van der Waals surface area contributed by atoms with Crippen LogP contribution in [0.4, 0.5) is 0 Å². The number of hydrogen-bond acceptors (Lipinski definition) is 4. The molecule has 0 saturated heterocycles. The van der Waals surface area contributed by atoms with Crippen LogP contribution in [-0.4, -0.2) is 31.8 Å². The molecule has 5 nitrogen and oxygen atoms in total. The van der Waals surface area contributed by atoms with E-state index in [2.05, 4.69) is 5.32 Å². The summed E-state index contributed by atoms with van der Waals surface area (Å²) in [7, 11) is 3.18. The summed E-state index contributed by atoms with van der Waals surface area (Å²) >= 11 is 0. The number of carboxylic acids is 1. The van der Waals surface area contributed by atoms with Crippen molar-refractivity contribution in [3.63, 3.8) is 0 Å². The molecule has 1 atom stereocenters. The average molecular weight is 281 g/mol. The Bertz CT molecular complexity index is 471. The molecule has 0 heterocycles. The molecule has 0 saturated carbocycles. The van der Waals surface area contributed by atoms with Crippen LogP contribution in [0.2, 0.25) is 0 Å². The van der Waals surface area contributed by atoms with Crippen LogP contribution < -0.4 is 14.8 Å². The summed E-state index contributed by atoms with van der Waals surface area (Å²) in [4.78, 5) is 11.1. The van der Waals surface area contributed by atoms with Crippen molar-refractivity contribution in [2.75, 3.05) is 20.8 Å². The quantitative estimate of drug-likeness (QED) is 0.803. The van der Waals surface area contributed by atoms with Gasteiger partial charge in [-0.25, -0.2) is 0 Å². The van der Waals surface area contributed by atoms with Gasteiger partial charge in [0.15, 0.2) is 11.5 Å². The number of carbonyl (C=O) groups is 1. The lowest BCUT2D eigenvalue weighted by molar-refractivity contribution is -0.146. The standard InChI is InChI=1S/C15H23NO4/c1-10(16-9-15(2,3)14(17)18)11-6-7-12(19-4)13(8-11)20-5/h6-8,10,16H,9H2,1-5H3,(H,17,18). The van der Waals surface area contributed by atoms with Crippen molar-refractivity contribution in [3.05, 3.63) is 23.8 Å². The van der Waals surface area contributed by atoms with Crippen LogP contribution in [0.3, 0.4) is 0 Å². The van der Waals surface area contributed by atoms with Gasteiger partial charge in [0.2, 0.25) is 0 Å². The summed E-state index contributed by atoms with van der Waals surface area (Å²) in [6, 6.07) is 5.69. The lowest BCUT2D eigenvalue weighted by atomic mass is 9.93. The van der Waals surface area contributed by atoms with E-state index in [1.807, 2.05) is 25.1 Å². The van der Waals surface area contributed by atoms with Crippen molar-refractivity contribution in [3.8, 4) is 11.5 Å². The van der Waals surface area contributed by atoms with E-state index >= 15 is 0 Å². The van der Waals surface area contributed by atoms with Crippen LogP contribution >= 0.6 is 0 Å². The zero-order valence-corrected chi connectivity index (χ0v) is 12.7. The molecule has 5 heteroatoms. The lowest BCUT2D eigenvalue weighted by Crippen LogP contribution is -2.37. The first-order valence-corrected chi connectivity index (χ1v) is 6.50. The number of nitrogens with one attached hydrogen (secondary N) is 1. The van der Waals surface area contributed by atoms with Crippen molar-refractivity contribution in [1.82, 2.24) is 5.32 Å². The van der Waals surface area contributed by atoms with Gasteiger partial charge in [0.1, 0.15) is 0 Å². The van der Waals surface area contributed by atoms with Gasteiger partial charge in [-0.2, -0.15) is 0 Å². The minimum absolute atomic E-state index is 0.0217. The van der Waals surface area contributed by atoms with E-state index in [1.165, 1.54) is 0 Å². The first-order chi connectivity index (χ1) is 9.31. The SMILES string of the molecule is COc1ccc(C(C)NCC(C)(C)C(=O)O)cc1OC. The molecule has 1 aromatic carbocycles. The van der Waals surface area contributed by atoms with E-state index in [0.29, 0.717) is 18.0 Å². The van der Waals surface area contributed by atoms with Crippen LogP contribution in [0, 0.1) is 5.41 Å². The Kier molecular flexibility index (Phi) is 5.39. The summed E-state index contributed by atoms with van der Waals surface area (Å²) in [5.74, 6) is 0.523. The molecule has 0 bridgehead atoms.